The maximum absolute atomic E-state index is 12.5. The zero-order chi connectivity index (χ0) is 18.6. The number of hydrogen-bond donors (Lipinski definition) is 2. The van der Waals surface area contributed by atoms with Crippen LogP contribution in [-0.4, -0.2) is 15.9 Å². The molecule has 0 saturated carbocycles. The number of nitrogens with zero attached hydrogens (tertiary/aromatic N) is 2. The standard InChI is InChI=1S/C21H15ClN4O/c22-15-6-2-7-16(12-15)26-21(27)19-13-17(9-11-23-19)25-18-8-1-4-14-5-3-10-24-20(14)18/h1-13H,(H,23,25)(H,26,27). The van der Waals surface area contributed by atoms with Crippen molar-refractivity contribution in [2.24, 2.45) is 0 Å². The quantitative estimate of drug-likeness (QED) is 0.510. The second-order valence-corrected chi connectivity index (χ2v) is 6.34. The van der Waals surface area contributed by atoms with Gasteiger partial charge in [-0.1, -0.05) is 35.9 Å². The number of nitrogens with one attached hydrogen (secondary N) is 2. The number of anilines is 3. The molecule has 0 bridgehead atoms. The van der Waals surface area contributed by atoms with Gasteiger partial charge in [0.15, 0.2) is 0 Å². The lowest BCUT2D eigenvalue weighted by Crippen LogP contribution is -2.13. The van der Waals surface area contributed by atoms with Crippen molar-refractivity contribution >= 4 is 45.5 Å². The molecule has 4 aromatic rings. The van der Waals surface area contributed by atoms with Gasteiger partial charge in [-0.25, -0.2) is 0 Å². The number of benzene rings is 2. The highest BCUT2D eigenvalue weighted by Gasteiger charge is 2.10. The highest BCUT2D eigenvalue weighted by atomic mass is 35.5. The summed E-state index contributed by atoms with van der Waals surface area (Å²) in [5.41, 5.74) is 3.39. The van der Waals surface area contributed by atoms with Gasteiger partial charge in [0, 0.05) is 34.2 Å². The number of aromatic nitrogens is 2. The fourth-order valence-electron chi connectivity index (χ4n) is 2.75. The van der Waals surface area contributed by atoms with E-state index in [0.29, 0.717) is 16.4 Å². The summed E-state index contributed by atoms with van der Waals surface area (Å²) in [7, 11) is 0. The molecule has 0 spiro atoms. The smallest absolute Gasteiger partial charge is 0.274 e. The first-order valence-corrected chi connectivity index (χ1v) is 8.70. The van der Waals surface area contributed by atoms with Crippen LogP contribution in [0.5, 0.6) is 0 Å². The monoisotopic (exact) mass is 374 g/mol. The first-order valence-electron chi connectivity index (χ1n) is 8.33. The summed E-state index contributed by atoms with van der Waals surface area (Å²) in [5.74, 6) is -0.308. The van der Waals surface area contributed by atoms with Crippen molar-refractivity contribution in [1.82, 2.24) is 9.97 Å². The van der Waals surface area contributed by atoms with E-state index in [1.165, 1.54) is 0 Å². The van der Waals surface area contributed by atoms with Crippen LogP contribution >= 0.6 is 11.6 Å². The van der Waals surface area contributed by atoms with Gasteiger partial charge in [-0.3, -0.25) is 14.8 Å². The number of amides is 1. The average Bonchev–Trinajstić information content (AvgIpc) is 2.68. The predicted molar refractivity (Wildman–Crippen MR) is 109 cm³/mol. The van der Waals surface area contributed by atoms with Gasteiger partial charge < -0.3 is 10.6 Å². The Balaban J connectivity index is 1.58. The maximum Gasteiger partial charge on any atom is 0.274 e. The molecule has 2 aromatic heterocycles. The second-order valence-electron chi connectivity index (χ2n) is 5.90. The Hall–Kier alpha value is -3.44. The lowest BCUT2D eigenvalue weighted by atomic mass is 10.2. The maximum atomic E-state index is 12.5. The minimum atomic E-state index is -0.308. The van der Waals surface area contributed by atoms with Crippen LogP contribution in [0.2, 0.25) is 5.02 Å². The third kappa shape index (κ3) is 3.88. The summed E-state index contributed by atoms with van der Waals surface area (Å²) < 4.78 is 0. The number of pyridine rings is 2. The molecule has 132 valence electrons. The molecule has 1 amide bonds. The Morgan fingerprint density at radius 2 is 1.70 bits per heavy atom. The second kappa shape index (κ2) is 7.43. The Morgan fingerprint density at radius 1 is 0.852 bits per heavy atom. The topological polar surface area (TPSA) is 66.9 Å². The van der Waals surface area contributed by atoms with Crippen molar-refractivity contribution < 1.29 is 4.79 Å². The van der Waals surface area contributed by atoms with Crippen LogP contribution in [0.15, 0.2) is 79.1 Å². The van der Waals surface area contributed by atoms with Gasteiger partial charge in [0.2, 0.25) is 0 Å². The molecule has 2 aromatic carbocycles. The minimum absolute atomic E-state index is 0.299. The van der Waals surface area contributed by atoms with Crippen molar-refractivity contribution in [2.45, 2.75) is 0 Å². The first-order chi connectivity index (χ1) is 13.2. The fraction of sp³-hybridized carbons (Fsp3) is 0. The normalized spacial score (nSPS) is 10.6. The lowest BCUT2D eigenvalue weighted by Gasteiger charge is -2.10. The molecule has 0 unspecified atom stereocenters. The zero-order valence-corrected chi connectivity index (χ0v) is 14.9. The Labute approximate surface area is 161 Å². The van der Waals surface area contributed by atoms with Crippen molar-refractivity contribution in [3.8, 4) is 0 Å². The molecule has 0 radical (unpaired) electrons. The largest absolute Gasteiger partial charge is 0.354 e. The van der Waals surface area contributed by atoms with Gasteiger partial charge in [0.05, 0.1) is 11.2 Å². The molecule has 27 heavy (non-hydrogen) atoms. The molecule has 0 fully saturated rings. The van der Waals surface area contributed by atoms with Crippen LogP contribution in [0.25, 0.3) is 10.9 Å². The third-order valence-corrected chi connectivity index (χ3v) is 4.22. The number of carbonyl (C=O) groups is 1. The molecule has 2 heterocycles. The van der Waals surface area contributed by atoms with E-state index in [1.807, 2.05) is 30.3 Å². The van der Waals surface area contributed by atoms with Gasteiger partial charge in [0.1, 0.15) is 5.69 Å². The van der Waals surface area contributed by atoms with E-state index in [1.54, 1.807) is 48.8 Å². The number of fused-ring (bicyclic) bond motifs is 1. The van der Waals surface area contributed by atoms with E-state index in [9.17, 15) is 4.79 Å². The third-order valence-electron chi connectivity index (χ3n) is 3.99. The van der Waals surface area contributed by atoms with Crippen molar-refractivity contribution in [1.29, 1.82) is 0 Å². The van der Waals surface area contributed by atoms with E-state index in [0.717, 1.165) is 22.3 Å². The van der Waals surface area contributed by atoms with Crippen LogP contribution in [-0.2, 0) is 0 Å². The molecule has 2 N–H and O–H groups in total. The summed E-state index contributed by atoms with van der Waals surface area (Å²) >= 11 is 5.95. The molecular weight excluding hydrogens is 360 g/mol. The highest BCUT2D eigenvalue weighted by molar-refractivity contribution is 6.30. The van der Waals surface area contributed by atoms with Crippen molar-refractivity contribution in [3.63, 3.8) is 0 Å². The number of rotatable bonds is 4. The van der Waals surface area contributed by atoms with Crippen LogP contribution in [0, 0.1) is 0 Å². The van der Waals surface area contributed by atoms with Crippen molar-refractivity contribution in [2.75, 3.05) is 10.6 Å². The van der Waals surface area contributed by atoms with Crippen LogP contribution in [0.3, 0.4) is 0 Å². The number of halogens is 1. The van der Waals surface area contributed by atoms with E-state index in [2.05, 4.69) is 20.6 Å². The average molecular weight is 375 g/mol. The Bertz CT molecular complexity index is 1120. The summed E-state index contributed by atoms with van der Waals surface area (Å²) in [6, 6.07) is 20.3. The van der Waals surface area contributed by atoms with Crippen LogP contribution in [0.4, 0.5) is 17.1 Å². The highest BCUT2D eigenvalue weighted by Crippen LogP contribution is 2.25. The van der Waals surface area contributed by atoms with E-state index >= 15 is 0 Å². The van der Waals surface area contributed by atoms with E-state index in [4.69, 9.17) is 11.6 Å². The number of carbonyl (C=O) groups excluding carboxylic acids is 1. The van der Waals surface area contributed by atoms with E-state index in [-0.39, 0.29) is 5.91 Å². The Kier molecular flexibility index (Phi) is 4.68. The van der Waals surface area contributed by atoms with Gasteiger partial charge in [-0.05, 0) is 42.5 Å². The van der Waals surface area contributed by atoms with Crippen LogP contribution < -0.4 is 10.6 Å². The fourth-order valence-corrected chi connectivity index (χ4v) is 2.94. The molecule has 0 aliphatic carbocycles. The van der Waals surface area contributed by atoms with E-state index < -0.39 is 0 Å². The molecule has 6 heteroatoms. The molecule has 0 aliphatic heterocycles. The number of hydrogen-bond acceptors (Lipinski definition) is 4. The predicted octanol–water partition coefficient (Wildman–Crippen LogP) is 5.28. The van der Waals surface area contributed by atoms with Gasteiger partial charge in [0.25, 0.3) is 5.91 Å². The molecule has 5 nitrogen and oxygen atoms in total. The Morgan fingerprint density at radius 3 is 2.59 bits per heavy atom. The van der Waals surface area contributed by atoms with Crippen LogP contribution in [0.1, 0.15) is 10.5 Å². The molecular formula is C21H15ClN4O. The minimum Gasteiger partial charge on any atom is -0.354 e. The summed E-state index contributed by atoms with van der Waals surface area (Å²) in [5, 5.41) is 7.70. The molecule has 4 rings (SSSR count). The summed E-state index contributed by atoms with van der Waals surface area (Å²) in [4.78, 5) is 21.1. The summed E-state index contributed by atoms with van der Waals surface area (Å²) in [6.45, 7) is 0. The molecule has 0 atom stereocenters. The molecule has 0 aliphatic rings. The van der Waals surface area contributed by atoms with Crippen molar-refractivity contribution in [3.05, 3.63) is 89.8 Å². The van der Waals surface area contributed by atoms with Gasteiger partial charge >= 0.3 is 0 Å². The van der Waals surface area contributed by atoms with Gasteiger partial charge in [-0.15, -0.1) is 0 Å². The SMILES string of the molecule is O=C(Nc1cccc(Cl)c1)c1cc(Nc2cccc3cccnc23)ccn1. The molecule has 0 saturated heterocycles. The summed E-state index contributed by atoms with van der Waals surface area (Å²) in [6.07, 6.45) is 3.34. The number of para-hydroxylation sites is 1. The van der Waals surface area contributed by atoms with Gasteiger partial charge in [-0.2, -0.15) is 0 Å². The zero-order valence-electron chi connectivity index (χ0n) is 14.2. The lowest BCUT2D eigenvalue weighted by molar-refractivity contribution is 0.102. The first kappa shape index (κ1) is 17.0.